The predicted octanol–water partition coefficient (Wildman–Crippen LogP) is 2.42. The second-order valence-electron chi connectivity index (χ2n) is 4.61. The molecule has 1 unspecified atom stereocenters. The van der Waals surface area contributed by atoms with E-state index in [1.807, 2.05) is 12.1 Å². The van der Waals surface area contributed by atoms with Crippen molar-refractivity contribution in [2.45, 2.75) is 6.42 Å². The Hall–Kier alpha value is -1.75. The smallest absolute Gasteiger partial charge is 0.209 e. The van der Waals surface area contributed by atoms with Gasteiger partial charge >= 0.3 is 0 Å². The van der Waals surface area contributed by atoms with Gasteiger partial charge in [-0.05, 0) is 18.1 Å². The van der Waals surface area contributed by atoms with Crippen LogP contribution in [0.5, 0.6) is 0 Å². The quantitative estimate of drug-likeness (QED) is 0.631. The van der Waals surface area contributed by atoms with Gasteiger partial charge in [0, 0.05) is 29.5 Å². The molecule has 1 aromatic carbocycles. The molecule has 0 radical (unpaired) electrons. The van der Waals surface area contributed by atoms with Gasteiger partial charge in [-0.3, -0.25) is 9.59 Å². The molecule has 1 atom stereocenters. The van der Waals surface area contributed by atoms with Crippen LogP contribution in [0.1, 0.15) is 26.5 Å². The highest BCUT2D eigenvalue weighted by Crippen LogP contribution is 2.33. The van der Waals surface area contributed by atoms with Gasteiger partial charge in [0.1, 0.15) is 0 Å². The Balaban J connectivity index is 1.99. The summed E-state index contributed by atoms with van der Waals surface area (Å²) in [5, 5.41) is 0. The van der Waals surface area contributed by atoms with Crippen molar-refractivity contribution >= 4 is 27.5 Å². The number of hydrogen-bond donors (Lipinski definition) is 0. The van der Waals surface area contributed by atoms with Crippen LogP contribution in [-0.4, -0.2) is 21.1 Å². The summed E-state index contributed by atoms with van der Waals surface area (Å²) in [6.07, 6.45) is 3.72. The Morgan fingerprint density at radius 3 is 2.89 bits per heavy atom. The highest BCUT2D eigenvalue weighted by atomic mass is 79.9. The minimum atomic E-state index is -0.644. The molecule has 5 heteroatoms. The van der Waals surface area contributed by atoms with Gasteiger partial charge in [0.05, 0.1) is 5.92 Å². The van der Waals surface area contributed by atoms with Crippen molar-refractivity contribution in [3.05, 3.63) is 52.0 Å². The molecule has 0 spiro atoms. The Morgan fingerprint density at radius 2 is 2.26 bits per heavy atom. The number of Topliss-reactive ketones (excluding diaryl/α,β-unsaturated/α-hetero) is 2. The molecule has 1 aliphatic carbocycles. The summed E-state index contributed by atoms with van der Waals surface area (Å²) in [6.45, 7) is 0. The zero-order valence-electron chi connectivity index (χ0n) is 10.3. The summed E-state index contributed by atoms with van der Waals surface area (Å²) < 4.78 is 2.53. The number of aryl methyl sites for hydroxylation is 1. The summed E-state index contributed by atoms with van der Waals surface area (Å²) in [5.74, 6) is -0.623. The molecule has 3 rings (SSSR count). The molecule has 0 saturated heterocycles. The van der Waals surface area contributed by atoms with E-state index in [9.17, 15) is 9.59 Å². The van der Waals surface area contributed by atoms with Crippen molar-refractivity contribution in [2.24, 2.45) is 13.0 Å². The third-order valence-electron chi connectivity index (χ3n) is 3.47. The van der Waals surface area contributed by atoms with Gasteiger partial charge in [0.15, 0.2) is 11.6 Å². The Morgan fingerprint density at radius 1 is 1.47 bits per heavy atom. The summed E-state index contributed by atoms with van der Waals surface area (Å²) in [5.41, 5.74) is 1.56. The van der Waals surface area contributed by atoms with Crippen LogP contribution in [-0.2, 0) is 13.5 Å². The van der Waals surface area contributed by atoms with Crippen molar-refractivity contribution in [1.82, 2.24) is 9.55 Å². The minimum absolute atomic E-state index is 0.107. The lowest BCUT2D eigenvalue weighted by Gasteiger charge is -2.06. The second-order valence-corrected chi connectivity index (χ2v) is 5.47. The largest absolute Gasteiger partial charge is 0.332 e. The van der Waals surface area contributed by atoms with Gasteiger partial charge in [0.2, 0.25) is 5.78 Å². The molecule has 0 amide bonds. The highest BCUT2D eigenvalue weighted by Gasteiger charge is 2.38. The van der Waals surface area contributed by atoms with Crippen molar-refractivity contribution in [1.29, 1.82) is 0 Å². The lowest BCUT2D eigenvalue weighted by Crippen LogP contribution is -2.23. The first kappa shape index (κ1) is 12.3. The zero-order valence-corrected chi connectivity index (χ0v) is 11.8. The molecule has 0 fully saturated rings. The summed E-state index contributed by atoms with van der Waals surface area (Å²) >= 11 is 3.43. The van der Waals surface area contributed by atoms with Crippen LogP contribution in [0.2, 0.25) is 0 Å². The van der Waals surface area contributed by atoms with Crippen LogP contribution in [0.4, 0.5) is 0 Å². The molecule has 96 valence electrons. The number of carbonyl (C=O) groups is 2. The van der Waals surface area contributed by atoms with Gasteiger partial charge in [-0.15, -0.1) is 0 Å². The van der Waals surface area contributed by atoms with E-state index >= 15 is 0 Å². The number of rotatable bonds is 2. The van der Waals surface area contributed by atoms with Crippen molar-refractivity contribution < 1.29 is 9.59 Å². The number of hydrogen-bond acceptors (Lipinski definition) is 3. The van der Waals surface area contributed by atoms with Crippen LogP contribution in [0, 0.1) is 5.92 Å². The number of fused-ring (bicyclic) bond motifs is 1. The van der Waals surface area contributed by atoms with Crippen LogP contribution in [0.15, 0.2) is 35.1 Å². The van der Waals surface area contributed by atoms with E-state index in [-0.39, 0.29) is 11.6 Å². The van der Waals surface area contributed by atoms with Crippen molar-refractivity contribution in [3.63, 3.8) is 0 Å². The molecule has 2 aromatic rings. The number of carbonyl (C=O) groups excluding carboxylic acids is 2. The molecule has 1 aromatic heterocycles. The number of benzene rings is 1. The first-order valence-corrected chi connectivity index (χ1v) is 6.72. The molecule has 1 heterocycles. The van der Waals surface area contributed by atoms with E-state index in [0.717, 1.165) is 10.0 Å². The van der Waals surface area contributed by atoms with E-state index in [2.05, 4.69) is 20.9 Å². The predicted molar refractivity (Wildman–Crippen MR) is 73.2 cm³/mol. The highest BCUT2D eigenvalue weighted by molar-refractivity contribution is 9.10. The van der Waals surface area contributed by atoms with Gasteiger partial charge in [-0.1, -0.05) is 28.1 Å². The average molecular weight is 319 g/mol. The number of nitrogens with zero attached hydrogens (tertiary/aromatic N) is 2. The first-order chi connectivity index (χ1) is 9.09. The SMILES string of the molecule is Cn1ccnc1C(=O)C1Cc2c(Br)cccc2C1=O. The third kappa shape index (κ3) is 1.85. The van der Waals surface area contributed by atoms with E-state index in [1.165, 1.54) is 0 Å². The van der Waals surface area contributed by atoms with Crippen LogP contribution >= 0.6 is 15.9 Å². The van der Waals surface area contributed by atoms with Gasteiger partial charge in [-0.2, -0.15) is 0 Å². The fraction of sp³-hybridized carbons (Fsp3) is 0.214. The van der Waals surface area contributed by atoms with Crippen LogP contribution in [0.25, 0.3) is 0 Å². The third-order valence-corrected chi connectivity index (χ3v) is 4.21. The molecule has 19 heavy (non-hydrogen) atoms. The Labute approximate surface area is 118 Å². The lowest BCUT2D eigenvalue weighted by atomic mass is 9.99. The Bertz CT molecular complexity index is 691. The molecule has 0 aliphatic heterocycles. The maximum Gasteiger partial charge on any atom is 0.209 e. The summed E-state index contributed by atoms with van der Waals surface area (Å²) in [4.78, 5) is 28.7. The topological polar surface area (TPSA) is 52.0 Å². The fourth-order valence-electron chi connectivity index (χ4n) is 2.45. The first-order valence-electron chi connectivity index (χ1n) is 5.92. The van der Waals surface area contributed by atoms with Crippen molar-refractivity contribution in [2.75, 3.05) is 0 Å². The maximum atomic E-state index is 12.4. The van der Waals surface area contributed by atoms with E-state index < -0.39 is 5.92 Å². The van der Waals surface area contributed by atoms with E-state index in [0.29, 0.717) is 17.8 Å². The number of halogens is 1. The second kappa shape index (κ2) is 4.42. The molecule has 0 N–H and O–H groups in total. The molecular weight excluding hydrogens is 308 g/mol. The van der Waals surface area contributed by atoms with Crippen LogP contribution < -0.4 is 0 Å². The summed E-state index contributed by atoms with van der Waals surface area (Å²) in [7, 11) is 1.75. The fourth-order valence-corrected chi connectivity index (χ4v) is 2.98. The number of ketones is 2. The molecule has 4 nitrogen and oxygen atoms in total. The molecule has 0 saturated carbocycles. The van der Waals surface area contributed by atoms with E-state index in [4.69, 9.17) is 0 Å². The van der Waals surface area contributed by atoms with Crippen molar-refractivity contribution in [3.8, 4) is 0 Å². The lowest BCUT2D eigenvalue weighted by molar-refractivity contribution is 0.0814. The van der Waals surface area contributed by atoms with Crippen LogP contribution in [0.3, 0.4) is 0 Å². The monoisotopic (exact) mass is 318 g/mol. The maximum absolute atomic E-state index is 12.4. The number of aromatic nitrogens is 2. The normalized spacial score (nSPS) is 17.6. The number of imidazole rings is 1. The zero-order chi connectivity index (χ0) is 13.6. The molecule has 1 aliphatic rings. The Kier molecular flexibility index (Phi) is 2.86. The van der Waals surface area contributed by atoms with Gasteiger partial charge in [0.25, 0.3) is 0 Å². The molecule has 0 bridgehead atoms. The van der Waals surface area contributed by atoms with Gasteiger partial charge < -0.3 is 4.57 Å². The average Bonchev–Trinajstić information content (AvgIpc) is 2.95. The minimum Gasteiger partial charge on any atom is -0.332 e. The molecular formula is C14H11BrN2O2. The van der Waals surface area contributed by atoms with E-state index in [1.54, 1.807) is 30.1 Å². The van der Waals surface area contributed by atoms with Gasteiger partial charge in [-0.25, -0.2) is 4.98 Å². The standard InChI is InChI=1S/C14H11BrN2O2/c1-17-6-5-16-14(17)13(19)10-7-9-8(12(10)18)3-2-4-11(9)15/h2-6,10H,7H2,1H3. The summed E-state index contributed by atoms with van der Waals surface area (Å²) in [6, 6.07) is 5.47.